The number of nitrogens with zero attached hydrogens (tertiary/aromatic N) is 1. The number of rotatable bonds is 0. The molecule has 18 heavy (non-hydrogen) atoms. The van der Waals surface area contributed by atoms with Crippen LogP contribution in [0.15, 0.2) is 53.3 Å². The molecule has 2 aromatic carbocycles. The molecule has 0 aliphatic heterocycles. The summed E-state index contributed by atoms with van der Waals surface area (Å²) in [7, 11) is 0. The van der Waals surface area contributed by atoms with Crippen molar-refractivity contribution in [3.8, 4) is 0 Å². The van der Waals surface area contributed by atoms with Gasteiger partial charge in [-0.05, 0) is 0 Å². The SMILES string of the molecule is O=c1c2ccccc2[n-]c2ccccc12.[Al+3].[CH3-].[CH3-]. The van der Waals surface area contributed by atoms with Crippen LogP contribution in [0, 0.1) is 14.9 Å². The van der Waals surface area contributed by atoms with Gasteiger partial charge in [-0.25, -0.2) is 0 Å². The fraction of sp³-hybridized carbons (Fsp3) is 0. The summed E-state index contributed by atoms with van der Waals surface area (Å²) in [6.45, 7) is 0. The topological polar surface area (TPSA) is 31.2 Å². The largest absolute Gasteiger partial charge is 3.00 e. The molecule has 2 nitrogen and oxygen atoms in total. The Morgan fingerprint density at radius 2 is 1.11 bits per heavy atom. The number of hydrogen-bond donors (Lipinski definition) is 0. The van der Waals surface area contributed by atoms with E-state index in [0.717, 1.165) is 11.0 Å². The van der Waals surface area contributed by atoms with Crippen LogP contribution in [-0.4, -0.2) is 17.4 Å². The number of pyridine rings is 1. The quantitative estimate of drug-likeness (QED) is 0.349. The van der Waals surface area contributed by atoms with Crippen LogP contribution in [0.3, 0.4) is 0 Å². The third kappa shape index (κ3) is 2.48. The summed E-state index contributed by atoms with van der Waals surface area (Å²) in [4.78, 5) is 16.5. The van der Waals surface area contributed by atoms with Crippen LogP contribution in [0.5, 0.6) is 0 Å². The maximum absolute atomic E-state index is 12.0. The summed E-state index contributed by atoms with van der Waals surface area (Å²) in [5, 5.41) is 1.38. The molecule has 0 aliphatic rings. The van der Waals surface area contributed by atoms with E-state index < -0.39 is 0 Å². The molecule has 3 rings (SSSR count). The Kier molecular flexibility index (Phi) is 5.84. The average molecular weight is 251 g/mol. The maximum atomic E-state index is 12.0. The van der Waals surface area contributed by atoms with Crippen molar-refractivity contribution in [3.63, 3.8) is 0 Å². The third-order valence-corrected chi connectivity index (χ3v) is 2.54. The number of hydrogen-bond acceptors (Lipinski definition) is 1. The van der Waals surface area contributed by atoms with Gasteiger partial charge in [0.2, 0.25) is 0 Å². The first kappa shape index (κ1) is 16.4. The van der Waals surface area contributed by atoms with Gasteiger partial charge in [-0.2, -0.15) is 0 Å². The molecule has 0 atom stereocenters. The fourth-order valence-electron chi connectivity index (χ4n) is 1.80. The zero-order valence-corrected chi connectivity index (χ0v) is 11.7. The zero-order chi connectivity index (χ0) is 10.3. The second-order valence-corrected chi connectivity index (χ2v) is 3.48. The predicted molar refractivity (Wildman–Crippen MR) is 79.6 cm³/mol. The molecule has 0 aliphatic carbocycles. The minimum atomic E-state index is 0. The maximum Gasteiger partial charge on any atom is 3.00 e. The van der Waals surface area contributed by atoms with Crippen molar-refractivity contribution < 1.29 is 0 Å². The van der Waals surface area contributed by atoms with E-state index in [0.29, 0.717) is 10.8 Å². The van der Waals surface area contributed by atoms with E-state index in [-0.39, 0.29) is 37.6 Å². The molecular formula is C15H14AlNO. The van der Waals surface area contributed by atoms with Gasteiger partial charge in [0.25, 0.3) is 0 Å². The van der Waals surface area contributed by atoms with E-state index in [4.69, 9.17) is 0 Å². The van der Waals surface area contributed by atoms with Gasteiger partial charge in [0.05, 0.1) is 0 Å². The molecule has 0 saturated heterocycles. The number of aromatic nitrogens is 1. The molecule has 0 amide bonds. The Hall–Kier alpha value is -1.56. The summed E-state index contributed by atoms with van der Waals surface area (Å²) in [6.07, 6.45) is 0. The van der Waals surface area contributed by atoms with Gasteiger partial charge in [-0.3, -0.25) is 4.79 Å². The summed E-state index contributed by atoms with van der Waals surface area (Å²) < 4.78 is 0. The summed E-state index contributed by atoms with van der Waals surface area (Å²) in [5.41, 5.74) is 1.60. The Balaban J connectivity index is 0.000000963. The fourth-order valence-corrected chi connectivity index (χ4v) is 1.80. The Morgan fingerprint density at radius 1 is 0.722 bits per heavy atom. The van der Waals surface area contributed by atoms with E-state index >= 15 is 0 Å². The Morgan fingerprint density at radius 3 is 1.56 bits per heavy atom. The monoisotopic (exact) mass is 251 g/mol. The molecular weight excluding hydrogens is 237 g/mol. The number of fused-ring (bicyclic) bond motifs is 2. The van der Waals surface area contributed by atoms with Crippen LogP contribution in [0.4, 0.5) is 0 Å². The van der Waals surface area contributed by atoms with Gasteiger partial charge in [-0.1, -0.05) is 48.5 Å². The van der Waals surface area contributed by atoms with Gasteiger partial charge in [0.1, 0.15) is 0 Å². The van der Waals surface area contributed by atoms with Crippen LogP contribution in [0.25, 0.3) is 21.8 Å². The first-order valence-electron chi connectivity index (χ1n) is 4.81. The van der Waals surface area contributed by atoms with E-state index in [2.05, 4.69) is 4.98 Å². The number of para-hydroxylation sites is 2. The van der Waals surface area contributed by atoms with Crippen molar-refractivity contribution in [1.29, 1.82) is 0 Å². The summed E-state index contributed by atoms with van der Waals surface area (Å²) >= 11 is 0. The Bertz CT molecular complexity index is 646. The molecule has 0 unspecified atom stereocenters. The van der Waals surface area contributed by atoms with Crippen LogP contribution in [-0.2, 0) is 0 Å². The van der Waals surface area contributed by atoms with E-state index in [1.165, 1.54) is 0 Å². The van der Waals surface area contributed by atoms with Gasteiger partial charge >= 0.3 is 17.4 Å². The number of benzene rings is 2. The normalized spacial score (nSPS) is 9.11. The van der Waals surface area contributed by atoms with Crippen LogP contribution in [0.2, 0.25) is 0 Å². The van der Waals surface area contributed by atoms with Crippen molar-refractivity contribution >= 4 is 39.2 Å². The van der Waals surface area contributed by atoms with Crippen LogP contribution >= 0.6 is 0 Å². The zero-order valence-electron chi connectivity index (χ0n) is 10.6. The van der Waals surface area contributed by atoms with E-state index in [1.54, 1.807) is 0 Å². The van der Waals surface area contributed by atoms with E-state index in [9.17, 15) is 4.79 Å². The molecule has 0 radical (unpaired) electrons. The van der Waals surface area contributed by atoms with Crippen molar-refractivity contribution in [3.05, 3.63) is 73.6 Å². The molecule has 0 N–H and O–H groups in total. The minimum absolute atomic E-state index is 0. The molecule has 3 aromatic rings. The summed E-state index contributed by atoms with van der Waals surface area (Å²) in [5.74, 6) is 0. The third-order valence-electron chi connectivity index (χ3n) is 2.54. The molecule has 1 aromatic heterocycles. The van der Waals surface area contributed by atoms with Crippen molar-refractivity contribution in [2.75, 3.05) is 0 Å². The standard InChI is InChI=1S/C13H9NO.2CH3.Al/c15-13-9-5-1-3-7-11(9)14-12-8-4-2-6-10(12)13;;;/h1-8H,(H,14,15);2*1H3;/q;2*-1;+3/p-1. The average Bonchev–Trinajstić information content (AvgIpc) is 2.30. The predicted octanol–water partition coefficient (Wildman–Crippen LogP) is 2.83. The molecule has 88 valence electrons. The van der Waals surface area contributed by atoms with Gasteiger partial charge in [0.15, 0.2) is 5.43 Å². The molecule has 3 heteroatoms. The molecule has 0 fully saturated rings. The van der Waals surface area contributed by atoms with Gasteiger partial charge < -0.3 is 19.8 Å². The molecule has 1 heterocycles. The smallest absolute Gasteiger partial charge is 0.657 e. The molecule has 0 spiro atoms. The second-order valence-electron chi connectivity index (χ2n) is 3.48. The van der Waals surface area contributed by atoms with E-state index in [1.807, 2.05) is 48.5 Å². The molecule has 0 saturated carbocycles. The van der Waals surface area contributed by atoms with Gasteiger partial charge in [-0.15, -0.1) is 11.0 Å². The van der Waals surface area contributed by atoms with Gasteiger partial charge in [0, 0.05) is 10.8 Å². The van der Waals surface area contributed by atoms with Crippen molar-refractivity contribution in [1.82, 2.24) is 4.98 Å². The molecule has 0 bridgehead atoms. The first-order valence-corrected chi connectivity index (χ1v) is 4.81. The Labute approximate surface area is 118 Å². The second kappa shape index (κ2) is 6.40. The van der Waals surface area contributed by atoms with Crippen LogP contribution < -0.4 is 10.4 Å². The van der Waals surface area contributed by atoms with Crippen LogP contribution in [0.1, 0.15) is 0 Å². The minimum Gasteiger partial charge on any atom is -0.657 e. The van der Waals surface area contributed by atoms with Crippen molar-refractivity contribution in [2.24, 2.45) is 0 Å². The summed E-state index contributed by atoms with van der Waals surface area (Å²) in [6, 6.07) is 14.9. The van der Waals surface area contributed by atoms with Crippen molar-refractivity contribution in [2.45, 2.75) is 0 Å². The first-order chi connectivity index (χ1) is 7.36.